The normalized spacial score (nSPS) is 16.0. The Bertz CT molecular complexity index is 724. The number of nitrogens with zero attached hydrogens (tertiary/aromatic N) is 3. The van der Waals surface area contributed by atoms with Gasteiger partial charge >= 0.3 is 5.97 Å². The fourth-order valence-electron chi connectivity index (χ4n) is 2.83. The number of carbonyl (C=O) groups is 1. The van der Waals surface area contributed by atoms with Crippen molar-refractivity contribution >= 4 is 17.0 Å². The summed E-state index contributed by atoms with van der Waals surface area (Å²) < 4.78 is 6.80. The molecule has 6 heteroatoms. The predicted molar refractivity (Wildman–Crippen MR) is 75.1 cm³/mol. The highest BCUT2D eigenvalue weighted by atomic mass is 16.5. The van der Waals surface area contributed by atoms with E-state index in [2.05, 4.69) is 4.98 Å². The molecule has 6 nitrogen and oxygen atoms in total. The number of fused-ring (bicyclic) bond motifs is 1. The number of benzene rings is 1. The van der Waals surface area contributed by atoms with Crippen LogP contribution in [0.5, 0.6) is 0 Å². The molecule has 1 aromatic carbocycles. The molecule has 1 fully saturated rings. The molecule has 0 spiro atoms. The van der Waals surface area contributed by atoms with E-state index < -0.39 is 5.97 Å². The van der Waals surface area contributed by atoms with Crippen LogP contribution < -0.4 is 0 Å². The van der Waals surface area contributed by atoms with Crippen LogP contribution in [0, 0.1) is 11.3 Å². The first-order valence-electron chi connectivity index (χ1n) is 6.89. The fraction of sp³-hybridized carbons (Fsp3) is 0.400. The number of hydrogen-bond acceptors (Lipinski definition) is 4. The molecule has 0 radical (unpaired) electrons. The van der Waals surface area contributed by atoms with Crippen LogP contribution in [-0.2, 0) is 11.3 Å². The summed E-state index contributed by atoms with van der Waals surface area (Å²) in [5.74, 6) is -0.776. The Balaban J connectivity index is 2.05. The van der Waals surface area contributed by atoms with Gasteiger partial charge in [-0.1, -0.05) is 6.07 Å². The Morgan fingerprint density at radius 1 is 1.48 bits per heavy atom. The van der Waals surface area contributed by atoms with Gasteiger partial charge in [0.15, 0.2) is 0 Å². The molecule has 0 atom stereocenters. The minimum Gasteiger partial charge on any atom is -0.475 e. The second-order valence-electron chi connectivity index (χ2n) is 5.12. The molecule has 2 aromatic rings. The predicted octanol–water partition coefficient (Wildman–Crippen LogP) is 2.15. The summed E-state index contributed by atoms with van der Waals surface area (Å²) >= 11 is 0. The van der Waals surface area contributed by atoms with Gasteiger partial charge in [0.05, 0.1) is 17.1 Å². The highest BCUT2D eigenvalue weighted by molar-refractivity contribution is 5.90. The molecule has 1 saturated heterocycles. The summed E-state index contributed by atoms with van der Waals surface area (Å²) in [5.41, 5.74) is 2.47. The van der Waals surface area contributed by atoms with Crippen molar-refractivity contribution in [2.45, 2.75) is 25.3 Å². The number of ether oxygens (including phenoxy) is 1. The molecule has 2 heterocycles. The zero-order chi connectivity index (χ0) is 14.8. The SMILES string of the molecule is N#CCn1c(C(=O)O)nc2cc(C3CCOCC3)ccc21. The molecule has 1 aliphatic rings. The second-order valence-corrected chi connectivity index (χ2v) is 5.12. The largest absolute Gasteiger partial charge is 0.475 e. The minimum absolute atomic E-state index is 0.0191. The molecule has 0 amide bonds. The number of hydrogen-bond donors (Lipinski definition) is 1. The molecular formula is C15H15N3O3. The topological polar surface area (TPSA) is 88.1 Å². The van der Waals surface area contributed by atoms with Gasteiger partial charge in [0.25, 0.3) is 0 Å². The van der Waals surface area contributed by atoms with Crippen molar-refractivity contribution in [3.8, 4) is 6.07 Å². The third-order valence-electron chi connectivity index (χ3n) is 3.89. The lowest BCUT2D eigenvalue weighted by molar-refractivity contribution is 0.0679. The molecule has 1 aromatic heterocycles. The number of rotatable bonds is 3. The molecule has 1 N–H and O–H groups in total. The summed E-state index contributed by atoms with van der Waals surface area (Å²) in [6.07, 6.45) is 1.94. The standard InChI is InChI=1S/C15H15N3O3/c16-5-6-18-13-2-1-11(10-3-7-21-8-4-10)9-12(13)17-14(18)15(19)20/h1-2,9-10H,3-4,6-8H2,(H,19,20). The van der Waals surface area contributed by atoms with Gasteiger partial charge in [0.2, 0.25) is 5.82 Å². The Hall–Kier alpha value is -2.39. The van der Waals surface area contributed by atoms with Gasteiger partial charge in [-0.3, -0.25) is 0 Å². The van der Waals surface area contributed by atoms with Crippen molar-refractivity contribution in [1.29, 1.82) is 5.26 Å². The fourth-order valence-corrected chi connectivity index (χ4v) is 2.83. The Morgan fingerprint density at radius 3 is 2.90 bits per heavy atom. The van der Waals surface area contributed by atoms with Gasteiger partial charge in [-0.15, -0.1) is 0 Å². The highest BCUT2D eigenvalue weighted by Crippen LogP contribution is 2.29. The first-order valence-corrected chi connectivity index (χ1v) is 6.89. The van der Waals surface area contributed by atoms with Crippen molar-refractivity contribution < 1.29 is 14.6 Å². The van der Waals surface area contributed by atoms with Gasteiger partial charge in [-0.05, 0) is 36.5 Å². The lowest BCUT2D eigenvalue weighted by Crippen LogP contribution is -2.13. The zero-order valence-corrected chi connectivity index (χ0v) is 11.5. The number of aromatic carboxylic acids is 1. The summed E-state index contributed by atoms with van der Waals surface area (Å²) in [7, 11) is 0. The number of aromatic nitrogens is 2. The van der Waals surface area contributed by atoms with E-state index in [1.165, 1.54) is 4.57 Å². The van der Waals surface area contributed by atoms with Crippen molar-refractivity contribution in [2.24, 2.45) is 0 Å². The first kappa shape index (κ1) is 13.6. The number of carboxylic acids is 1. The van der Waals surface area contributed by atoms with Crippen LogP contribution in [0.4, 0.5) is 0 Å². The minimum atomic E-state index is -1.12. The second kappa shape index (κ2) is 5.54. The van der Waals surface area contributed by atoms with Crippen LogP contribution >= 0.6 is 0 Å². The van der Waals surface area contributed by atoms with Crippen LogP contribution in [0.2, 0.25) is 0 Å². The number of imidazole rings is 1. The van der Waals surface area contributed by atoms with E-state index in [0.717, 1.165) is 31.6 Å². The number of nitriles is 1. The van der Waals surface area contributed by atoms with Crippen LogP contribution in [0.3, 0.4) is 0 Å². The lowest BCUT2D eigenvalue weighted by atomic mass is 9.91. The maximum absolute atomic E-state index is 11.2. The van der Waals surface area contributed by atoms with E-state index in [9.17, 15) is 9.90 Å². The molecule has 0 bridgehead atoms. The monoisotopic (exact) mass is 285 g/mol. The van der Waals surface area contributed by atoms with E-state index >= 15 is 0 Å². The van der Waals surface area contributed by atoms with E-state index in [1.807, 2.05) is 24.3 Å². The molecule has 108 valence electrons. The maximum Gasteiger partial charge on any atom is 0.372 e. The molecule has 0 unspecified atom stereocenters. The summed E-state index contributed by atoms with van der Waals surface area (Å²) in [6.45, 7) is 1.49. The Kier molecular flexibility index (Phi) is 3.59. The quantitative estimate of drug-likeness (QED) is 0.933. The van der Waals surface area contributed by atoms with Gasteiger partial charge in [0.1, 0.15) is 6.54 Å². The smallest absolute Gasteiger partial charge is 0.372 e. The van der Waals surface area contributed by atoms with Gasteiger partial charge in [-0.25, -0.2) is 9.78 Å². The summed E-state index contributed by atoms with van der Waals surface area (Å²) in [4.78, 5) is 15.4. The van der Waals surface area contributed by atoms with E-state index in [4.69, 9.17) is 10.00 Å². The van der Waals surface area contributed by atoms with Gasteiger partial charge < -0.3 is 14.4 Å². The van der Waals surface area contributed by atoms with Gasteiger partial charge in [-0.2, -0.15) is 5.26 Å². The van der Waals surface area contributed by atoms with Crippen molar-refractivity contribution in [3.63, 3.8) is 0 Å². The van der Waals surface area contributed by atoms with Crippen molar-refractivity contribution in [2.75, 3.05) is 13.2 Å². The van der Waals surface area contributed by atoms with E-state index in [0.29, 0.717) is 17.0 Å². The molecule has 21 heavy (non-hydrogen) atoms. The van der Waals surface area contributed by atoms with E-state index in [-0.39, 0.29) is 12.4 Å². The lowest BCUT2D eigenvalue weighted by Gasteiger charge is -2.22. The van der Waals surface area contributed by atoms with Crippen molar-refractivity contribution in [3.05, 3.63) is 29.6 Å². The molecular weight excluding hydrogens is 270 g/mol. The van der Waals surface area contributed by atoms with Crippen LogP contribution in [0.1, 0.15) is 34.9 Å². The molecule has 1 aliphatic heterocycles. The highest BCUT2D eigenvalue weighted by Gasteiger charge is 2.20. The average Bonchev–Trinajstić information content (AvgIpc) is 2.87. The van der Waals surface area contributed by atoms with Crippen LogP contribution in [0.25, 0.3) is 11.0 Å². The third-order valence-corrected chi connectivity index (χ3v) is 3.89. The first-order chi connectivity index (χ1) is 10.2. The zero-order valence-electron chi connectivity index (χ0n) is 11.5. The van der Waals surface area contributed by atoms with Crippen LogP contribution in [0.15, 0.2) is 18.2 Å². The Morgan fingerprint density at radius 2 is 2.24 bits per heavy atom. The number of carboxylic acid groups (broad SMARTS) is 1. The maximum atomic E-state index is 11.2. The molecule has 0 saturated carbocycles. The Labute approximate surface area is 121 Å². The van der Waals surface area contributed by atoms with Crippen LogP contribution in [-0.4, -0.2) is 33.8 Å². The van der Waals surface area contributed by atoms with Gasteiger partial charge in [0, 0.05) is 13.2 Å². The molecule has 0 aliphatic carbocycles. The third kappa shape index (κ3) is 2.48. The average molecular weight is 285 g/mol. The summed E-state index contributed by atoms with van der Waals surface area (Å²) in [6, 6.07) is 7.77. The summed E-state index contributed by atoms with van der Waals surface area (Å²) in [5, 5.41) is 18.1. The molecule has 3 rings (SSSR count). The van der Waals surface area contributed by atoms with Crippen molar-refractivity contribution in [1.82, 2.24) is 9.55 Å². The van der Waals surface area contributed by atoms with E-state index in [1.54, 1.807) is 0 Å².